The summed E-state index contributed by atoms with van der Waals surface area (Å²) in [6.45, 7) is 8.80. The number of benzene rings is 2. The van der Waals surface area contributed by atoms with Crippen LogP contribution in [0, 0.1) is 20.8 Å². The van der Waals surface area contributed by atoms with Gasteiger partial charge in [0.25, 0.3) is 0 Å². The number of ether oxygens (including phenoxy) is 1. The van der Waals surface area contributed by atoms with Crippen LogP contribution in [0.1, 0.15) is 47.2 Å². The van der Waals surface area contributed by atoms with E-state index in [1.165, 1.54) is 22.5 Å². The zero-order valence-electron chi connectivity index (χ0n) is 18.0. The molecule has 0 spiro atoms. The fourth-order valence-corrected chi connectivity index (χ4v) is 5.14. The van der Waals surface area contributed by atoms with Crippen molar-refractivity contribution >= 4 is 33.3 Å². The summed E-state index contributed by atoms with van der Waals surface area (Å²) in [6, 6.07) is 12.3. The number of amides is 1. The van der Waals surface area contributed by atoms with E-state index >= 15 is 0 Å². The number of fused-ring (bicyclic) bond motifs is 2. The number of nitrogens with one attached hydrogen (secondary N) is 1. The Kier molecular flexibility index (Phi) is 4.78. The molecular formula is C24H24N4O2S. The van der Waals surface area contributed by atoms with E-state index in [-0.39, 0.29) is 11.8 Å². The maximum absolute atomic E-state index is 12.7. The first-order valence-electron chi connectivity index (χ1n) is 10.4. The third kappa shape index (κ3) is 3.39. The third-order valence-corrected chi connectivity index (χ3v) is 6.87. The van der Waals surface area contributed by atoms with Gasteiger partial charge in [-0.2, -0.15) is 9.78 Å². The zero-order chi connectivity index (χ0) is 21.7. The molecule has 1 amide bonds. The van der Waals surface area contributed by atoms with E-state index in [0.717, 1.165) is 43.7 Å². The molecule has 0 saturated carbocycles. The van der Waals surface area contributed by atoms with Gasteiger partial charge in [-0.05, 0) is 62.6 Å². The Balaban J connectivity index is 1.62. The summed E-state index contributed by atoms with van der Waals surface area (Å²) in [4.78, 5) is 17.4. The van der Waals surface area contributed by atoms with Gasteiger partial charge in [-0.15, -0.1) is 0 Å². The Morgan fingerprint density at radius 3 is 2.77 bits per heavy atom. The molecule has 2 aromatic carbocycles. The molecule has 0 aliphatic carbocycles. The van der Waals surface area contributed by atoms with Crippen molar-refractivity contribution in [2.75, 3.05) is 11.9 Å². The zero-order valence-corrected chi connectivity index (χ0v) is 18.8. The number of hydrogen-bond donors (Lipinski definition) is 1. The number of rotatable bonds is 4. The minimum absolute atomic E-state index is 0.00313. The van der Waals surface area contributed by atoms with Crippen LogP contribution in [0.15, 0.2) is 36.4 Å². The summed E-state index contributed by atoms with van der Waals surface area (Å²) < 4.78 is 8.42. The highest BCUT2D eigenvalue weighted by atomic mass is 32.1. The van der Waals surface area contributed by atoms with Crippen LogP contribution in [0.5, 0.6) is 5.75 Å². The summed E-state index contributed by atoms with van der Waals surface area (Å²) in [5.41, 5.74) is 6.49. The molecule has 0 unspecified atom stereocenters. The summed E-state index contributed by atoms with van der Waals surface area (Å²) in [6.07, 6.45) is 0.416. The highest BCUT2D eigenvalue weighted by Gasteiger charge is 2.33. The monoisotopic (exact) mass is 432 g/mol. The van der Waals surface area contributed by atoms with Gasteiger partial charge >= 0.3 is 0 Å². The van der Waals surface area contributed by atoms with Gasteiger partial charge in [0.2, 0.25) is 11.0 Å². The molecule has 6 nitrogen and oxygen atoms in total. The van der Waals surface area contributed by atoms with Crippen molar-refractivity contribution in [2.24, 2.45) is 0 Å². The number of aromatic nitrogens is 3. The van der Waals surface area contributed by atoms with Crippen molar-refractivity contribution in [3.05, 3.63) is 64.3 Å². The molecule has 1 N–H and O–H groups in total. The van der Waals surface area contributed by atoms with E-state index < -0.39 is 0 Å². The van der Waals surface area contributed by atoms with E-state index in [2.05, 4.69) is 37.4 Å². The molecule has 5 rings (SSSR count). The van der Waals surface area contributed by atoms with E-state index in [0.29, 0.717) is 13.0 Å². The number of carbonyl (C=O) groups is 1. The number of hydrogen-bond acceptors (Lipinski definition) is 5. The lowest BCUT2D eigenvalue weighted by Crippen LogP contribution is -2.25. The lowest BCUT2D eigenvalue weighted by atomic mass is 9.84. The van der Waals surface area contributed by atoms with Crippen molar-refractivity contribution in [3.63, 3.8) is 0 Å². The second-order valence-corrected chi connectivity index (χ2v) is 8.98. The van der Waals surface area contributed by atoms with E-state index in [4.69, 9.17) is 14.8 Å². The Labute approximate surface area is 184 Å². The fourth-order valence-electron chi connectivity index (χ4n) is 4.19. The largest absolute Gasteiger partial charge is 0.494 e. The molecule has 31 heavy (non-hydrogen) atoms. The number of thiazole rings is 1. The molecule has 1 aliphatic rings. The number of anilines is 1. The van der Waals surface area contributed by atoms with Gasteiger partial charge in [0.1, 0.15) is 11.6 Å². The van der Waals surface area contributed by atoms with Crippen molar-refractivity contribution in [1.29, 1.82) is 0 Å². The highest BCUT2D eigenvalue weighted by molar-refractivity contribution is 7.20. The van der Waals surface area contributed by atoms with Crippen LogP contribution >= 0.6 is 11.3 Å². The number of aryl methyl sites for hydroxylation is 3. The van der Waals surface area contributed by atoms with Crippen LogP contribution in [0.2, 0.25) is 0 Å². The average Bonchev–Trinajstić information content (AvgIpc) is 3.30. The second-order valence-electron chi connectivity index (χ2n) is 7.97. The fraction of sp³-hybridized carbons (Fsp3) is 0.292. The maximum atomic E-state index is 12.7. The Morgan fingerprint density at radius 2 is 2.00 bits per heavy atom. The van der Waals surface area contributed by atoms with Crippen LogP contribution < -0.4 is 10.1 Å². The lowest BCUT2D eigenvalue weighted by molar-refractivity contribution is -0.116. The maximum Gasteiger partial charge on any atom is 0.226 e. The van der Waals surface area contributed by atoms with E-state index in [1.807, 2.05) is 32.0 Å². The number of carbonyl (C=O) groups excluding carboxylic acids is 1. The van der Waals surface area contributed by atoms with Crippen LogP contribution in [0.3, 0.4) is 0 Å². The first kappa shape index (κ1) is 19.8. The molecule has 158 valence electrons. The Hall–Kier alpha value is -3.19. The molecule has 1 aliphatic heterocycles. The molecule has 0 radical (unpaired) electrons. The lowest BCUT2D eigenvalue weighted by Gasteiger charge is -2.24. The van der Waals surface area contributed by atoms with Crippen LogP contribution in [-0.4, -0.2) is 27.3 Å². The molecule has 0 saturated heterocycles. The van der Waals surface area contributed by atoms with Gasteiger partial charge < -0.3 is 10.1 Å². The molecule has 7 heteroatoms. The minimum atomic E-state index is -0.0178. The van der Waals surface area contributed by atoms with Gasteiger partial charge in [0, 0.05) is 17.9 Å². The van der Waals surface area contributed by atoms with Gasteiger partial charge in [0.05, 0.1) is 22.5 Å². The van der Waals surface area contributed by atoms with Gasteiger partial charge in [0.15, 0.2) is 0 Å². The average molecular weight is 433 g/mol. The summed E-state index contributed by atoms with van der Waals surface area (Å²) >= 11 is 1.54. The van der Waals surface area contributed by atoms with Crippen LogP contribution in [0.25, 0.3) is 15.3 Å². The number of nitrogens with zero attached hydrogens (tertiary/aromatic N) is 3. The Morgan fingerprint density at radius 1 is 1.16 bits per heavy atom. The van der Waals surface area contributed by atoms with Crippen molar-refractivity contribution in [3.8, 4) is 10.9 Å². The SMILES string of the molecule is CCOc1ccc2nc(-n3nc(C)c4c3NC(=O)C[C@@H]4c3ccc(C)c(C)c3)sc2c1. The molecule has 4 aromatic rings. The molecule has 1 atom stereocenters. The summed E-state index contributed by atoms with van der Waals surface area (Å²) in [7, 11) is 0. The predicted molar refractivity (Wildman–Crippen MR) is 124 cm³/mol. The normalized spacial score (nSPS) is 15.7. The quantitative estimate of drug-likeness (QED) is 0.476. The molecule has 0 fully saturated rings. The van der Waals surface area contributed by atoms with Crippen LogP contribution in [-0.2, 0) is 4.79 Å². The van der Waals surface area contributed by atoms with Crippen molar-refractivity contribution in [1.82, 2.24) is 14.8 Å². The molecule has 3 heterocycles. The van der Waals surface area contributed by atoms with E-state index in [1.54, 1.807) is 4.68 Å². The van der Waals surface area contributed by atoms with Gasteiger partial charge in [-0.25, -0.2) is 4.98 Å². The highest BCUT2D eigenvalue weighted by Crippen LogP contribution is 2.41. The molecule has 2 aromatic heterocycles. The minimum Gasteiger partial charge on any atom is -0.494 e. The third-order valence-electron chi connectivity index (χ3n) is 5.88. The molecular weight excluding hydrogens is 408 g/mol. The van der Waals surface area contributed by atoms with Crippen molar-refractivity contribution in [2.45, 2.75) is 40.0 Å². The summed E-state index contributed by atoms with van der Waals surface area (Å²) in [5.74, 6) is 1.53. The summed E-state index contributed by atoms with van der Waals surface area (Å²) in [5, 5.41) is 8.57. The Bertz CT molecular complexity index is 1320. The van der Waals surface area contributed by atoms with Gasteiger partial charge in [-0.1, -0.05) is 29.5 Å². The standard InChI is InChI=1S/C24H24N4O2S/c1-5-30-17-8-9-19-20(11-17)31-24(25-19)28-23-22(15(4)27-28)18(12-21(29)26-23)16-7-6-13(2)14(3)10-16/h6-11,18H,5,12H2,1-4H3,(H,26,29)/t18-/m1/s1. The molecule has 0 bridgehead atoms. The van der Waals surface area contributed by atoms with Crippen LogP contribution in [0.4, 0.5) is 5.82 Å². The first-order valence-corrected chi connectivity index (χ1v) is 11.3. The topological polar surface area (TPSA) is 69.0 Å². The predicted octanol–water partition coefficient (Wildman–Crippen LogP) is 5.28. The van der Waals surface area contributed by atoms with Gasteiger partial charge in [-0.3, -0.25) is 4.79 Å². The smallest absolute Gasteiger partial charge is 0.226 e. The second kappa shape index (κ2) is 7.50. The van der Waals surface area contributed by atoms with Crippen molar-refractivity contribution < 1.29 is 9.53 Å². The van der Waals surface area contributed by atoms with E-state index in [9.17, 15) is 4.79 Å². The first-order chi connectivity index (χ1) is 14.9.